The summed E-state index contributed by atoms with van der Waals surface area (Å²) < 4.78 is 35.0. The van der Waals surface area contributed by atoms with Gasteiger partial charge in [0.1, 0.15) is 17.6 Å². The van der Waals surface area contributed by atoms with Crippen molar-refractivity contribution < 1.29 is 23.7 Å². The van der Waals surface area contributed by atoms with Crippen LogP contribution < -0.4 is 9.64 Å². The number of aliphatic hydroxyl groups excluding tert-OH is 2. The Labute approximate surface area is 214 Å². The number of hydrogen-bond donors (Lipinski definition) is 2. The second kappa shape index (κ2) is 11.1. The van der Waals surface area contributed by atoms with E-state index in [1.807, 2.05) is 17.8 Å². The van der Waals surface area contributed by atoms with Gasteiger partial charge in [-0.05, 0) is 19.1 Å². The molecule has 1 saturated heterocycles. The van der Waals surface area contributed by atoms with Gasteiger partial charge in [-0.1, -0.05) is 0 Å². The molecule has 0 bridgehead atoms. The molecule has 0 amide bonds. The van der Waals surface area contributed by atoms with Crippen molar-refractivity contribution in [2.75, 3.05) is 37.7 Å². The van der Waals surface area contributed by atoms with E-state index in [0.717, 1.165) is 47.6 Å². The second-order valence-corrected chi connectivity index (χ2v) is 9.57. The Morgan fingerprint density at radius 1 is 1.14 bits per heavy atom. The van der Waals surface area contributed by atoms with Gasteiger partial charge in [-0.3, -0.25) is 9.58 Å². The van der Waals surface area contributed by atoms with E-state index in [4.69, 9.17) is 14.7 Å². The molecule has 1 fully saturated rings. The number of ether oxygens (including phenoxy) is 1. The van der Waals surface area contributed by atoms with Crippen LogP contribution in [-0.2, 0) is 19.5 Å². The fourth-order valence-electron chi connectivity index (χ4n) is 4.90. The molecule has 37 heavy (non-hydrogen) atoms. The molecule has 5 rings (SSSR count). The lowest BCUT2D eigenvalue weighted by Crippen LogP contribution is -2.41. The van der Waals surface area contributed by atoms with Crippen LogP contribution in [0.1, 0.15) is 31.2 Å². The molecule has 4 heterocycles. The molecule has 11 heteroatoms. The summed E-state index contributed by atoms with van der Waals surface area (Å²) in [4.78, 5) is 14.4. The standard InChI is InChI=1S/C26H32F2N6O3/c1-2-34-13-17(12-29-34)25-26(31-22-7-8-32(14-19(36)16-35)15-23(22)30-25)33-9-5-20(6-10-33)37-24-4-3-18(27)11-21(24)28/h3-4,11-13,19-20,35-36H,2,5-10,14-16H2,1H3/t19-/m1/s1. The Balaban J connectivity index is 1.36. The van der Waals surface area contributed by atoms with E-state index in [9.17, 15) is 19.0 Å². The van der Waals surface area contributed by atoms with Crippen molar-refractivity contribution in [1.82, 2.24) is 24.6 Å². The van der Waals surface area contributed by atoms with Crippen LogP contribution in [0.15, 0.2) is 30.6 Å². The molecule has 2 N–H and O–H groups in total. The number of piperidine rings is 1. The van der Waals surface area contributed by atoms with E-state index in [1.165, 1.54) is 12.1 Å². The predicted octanol–water partition coefficient (Wildman–Crippen LogP) is 2.40. The second-order valence-electron chi connectivity index (χ2n) is 9.57. The smallest absolute Gasteiger partial charge is 0.167 e. The van der Waals surface area contributed by atoms with Crippen molar-refractivity contribution in [2.45, 2.75) is 51.5 Å². The van der Waals surface area contributed by atoms with Crippen molar-refractivity contribution >= 4 is 5.82 Å². The van der Waals surface area contributed by atoms with E-state index in [0.29, 0.717) is 45.4 Å². The third kappa shape index (κ3) is 5.73. The first kappa shape index (κ1) is 25.5. The summed E-state index contributed by atoms with van der Waals surface area (Å²) in [7, 11) is 0. The highest BCUT2D eigenvalue weighted by atomic mass is 19.1. The Kier molecular flexibility index (Phi) is 7.63. The number of halogens is 2. The van der Waals surface area contributed by atoms with Crippen molar-refractivity contribution in [3.8, 4) is 17.0 Å². The first-order valence-electron chi connectivity index (χ1n) is 12.7. The molecule has 2 aliphatic rings. The quantitative estimate of drug-likeness (QED) is 0.473. The van der Waals surface area contributed by atoms with E-state index >= 15 is 0 Å². The average molecular weight is 515 g/mol. The lowest BCUT2D eigenvalue weighted by molar-refractivity contribution is 0.0544. The maximum absolute atomic E-state index is 14.1. The topological polar surface area (TPSA) is 99.8 Å². The van der Waals surface area contributed by atoms with Gasteiger partial charge in [0.15, 0.2) is 17.4 Å². The Morgan fingerprint density at radius 3 is 2.65 bits per heavy atom. The van der Waals surface area contributed by atoms with Crippen molar-refractivity contribution in [2.24, 2.45) is 0 Å². The Bertz CT molecular complexity index is 1230. The molecule has 0 spiro atoms. The lowest BCUT2D eigenvalue weighted by atomic mass is 10.1. The number of β-amino-alcohol motifs (C(OH)–C–C–N with tert-alkyl or cyclic N) is 1. The van der Waals surface area contributed by atoms with Gasteiger partial charge in [0.25, 0.3) is 0 Å². The van der Waals surface area contributed by atoms with Gasteiger partial charge in [-0.25, -0.2) is 18.7 Å². The van der Waals surface area contributed by atoms with Crippen LogP contribution in [0.2, 0.25) is 0 Å². The fraction of sp³-hybridized carbons (Fsp3) is 0.500. The van der Waals surface area contributed by atoms with E-state index in [2.05, 4.69) is 14.9 Å². The summed E-state index contributed by atoms with van der Waals surface area (Å²) in [5, 5.41) is 23.5. The Hall–Kier alpha value is -3.15. The first-order valence-corrected chi connectivity index (χ1v) is 12.7. The van der Waals surface area contributed by atoms with E-state index in [-0.39, 0.29) is 18.5 Å². The zero-order chi connectivity index (χ0) is 25.9. The monoisotopic (exact) mass is 514 g/mol. The number of aryl methyl sites for hydroxylation is 1. The van der Waals surface area contributed by atoms with Gasteiger partial charge in [0.2, 0.25) is 0 Å². The molecule has 0 aliphatic carbocycles. The molecule has 0 unspecified atom stereocenters. The van der Waals surface area contributed by atoms with Crippen molar-refractivity contribution in [3.63, 3.8) is 0 Å². The summed E-state index contributed by atoms with van der Waals surface area (Å²) in [5.74, 6) is -0.461. The van der Waals surface area contributed by atoms with Gasteiger partial charge in [-0.15, -0.1) is 0 Å². The minimum absolute atomic E-state index is 0.0666. The molecule has 3 aromatic rings. The lowest BCUT2D eigenvalue weighted by Gasteiger charge is -2.35. The van der Waals surface area contributed by atoms with Gasteiger partial charge >= 0.3 is 0 Å². The van der Waals surface area contributed by atoms with E-state index < -0.39 is 17.7 Å². The van der Waals surface area contributed by atoms with Crippen LogP contribution >= 0.6 is 0 Å². The van der Waals surface area contributed by atoms with Crippen LogP contribution in [0.4, 0.5) is 14.6 Å². The summed E-state index contributed by atoms with van der Waals surface area (Å²) in [6, 6.07) is 3.37. The highest BCUT2D eigenvalue weighted by Gasteiger charge is 2.29. The number of aliphatic hydroxyl groups is 2. The third-order valence-corrected chi connectivity index (χ3v) is 6.91. The number of rotatable bonds is 8. The highest BCUT2D eigenvalue weighted by molar-refractivity contribution is 5.72. The van der Waals surface area contributed by atoms with Crippen LogP contribution in [0.3, 0.4) is 0 Å². The van der Waals surface area contributed by atoms with Gasteiger partial charge < -0.3 is 19.8 Å². The van der Waals surface area contributed by atoms with Gasteiger partial charge in [0, 0.05) is 76.4 Å². The fourth-order valence-corrected chi connectivity index (χ4v) is 4.90. The number of aromatic nitrogens is 4. The van der Waals surface area contributed by atoms with Crippen LogP contribution in [0, 0.1) is 11.6 Å². The molecular weight excluding hydrogens is 482 g/mol. The van der Waals surface area contributed by atoms with Crippen LogP contribution in [0.5, 0.6) is 5.75 Å². The summed E-state index contributed by atoms with van der Waals surface area (Å²) in [5.41, 5.74) is 3.44. The maximum atomic E-state index is 14.1. The van der Waals surface area contributed by atoms with E-state index in [1.54, 1.807) is 6.20 Å². The summed E-state index contributed by atoms with van der Waals surface area (Å²) in [6.07, 6.45) is 4.82. The zero-order valence-electron chi connectivity index (χ0n) is 20.9. The van der Waals surface area contributed by atoms with Gasteiger partial charge in [-0.2, -0.15) is 5.10 Å². The summed E-state index contributed by atoms with van der Waals surface area (Å²) in [6.45, 7) is 5.46. The molecular formula is C26H32F2N6O3. The molecule has 0 saturated carbocycles. The first-order chi connectivity index (χ1) is 17.9. The van der Waals surface area contributed by atoms with Crippen LogP contribution in [-0.4, -0.2) is 79.9 Å². The van der Waals surface area contributed by atoms with Crippen molar-refractivity contribution in [1.29, 1.82) is 0 Å². The maximum Gasteiger partial charge on any atom is 0.167 e. The molecule has 9 nitrogen and oxygen atoms in total. The molecule has 1 atom stereocenters. The minimum Gasteiger partial charge on any atom is -0.487 e. The molecule has 1 aromatic carbocycles. The Morgan fingerprint density at radius 2 is 1.95 bits per heavy atom. The van der Waals surface area contributed by atoms with Gasteiger partial charge in [0.05, 0.1) is 30.3 Å². The number of nitrogens with zero attached hydrogens (tertiary/aromatic N) is 6. The van der Waals surface area contributed by atoms with Crippen molar-refractivity contribution in [3.05, 3.63) is 53.6 Å². The largest absolute Gasteiger partial charge is 0.487 e. The average Bonchev–Trinajstić information content (AvgIpc) is 3.39. The number of anilines is 1. The number of fused-ring (bicyclic) bond motifs is 1. The molecule has 2 aliphatic heterocycles. The third-order valence-electron chi connectivity index (χ3n) is 6.91. The SMILES string of the molecule is CCn1cc(-c2nc3c(nc2N2CCC(Oc4ccc(F)cc4F)CC2)CCN(C[C@@H](O)CO)C3)cn1. The predicted molar refractivity (Wildman–Crippen MR) is 133 cm³/mol. The molecule has 198 valence electrons. The number of hydrogen-bond acceptors (Lipinski definition) is 8. The van der Waals surface area contributed by atoms with Crippen LogP contribution in [0.25, 0.3) is 11.3 Å². The summed E-state index contributed by atoms with van der Waals surface area (Å²) >= 11 is 0. The highest BCUT2D eigenvalue weighted by Crippen LogP contribution is 2.33. The normalized spacial score (nSPS) is 17.6. The zero-order valence-corrected chi connectivity index (χ0v) is 20.9. The molecule has 2 aromatic heterocycles. The minimum atomic E-state index is -0.789. The molecule has 0 radical (unpaired) electrons. The number of benzene rings is 1.